The van der Waals surface area contributed by atoms with Crippen molar-refractivity contribution in [2.45, 2.75) is 44.3 Å². The van der Waals surface area contributed by atoms with E-state index in [1.54, 1.807) is 39.9 Å². The van der Waals surface area contributed by atoms with Gasteiger partial charge in [0.25, 0.3) is 0 Å². The molecule has 168 valence electrons. The summed E-state index contributed by atoms with van der Waals surface area (Å²) >= 11 is 5.91. The van der Waals surface area contributed by atoms with Crippen LogP contribution in [0.25, 0.3) is 0 Å². The van der Waals surface area contributed by atoms with E-state index in [1.165, 1.54) is 0 Å². The molecule has 1 N–H and O–H groups in total. The van der Waals surface area contributed by atoms with Crippen molar-refractivity contribution in [2.75, 3.05) is 25.0 Å². The predicted octanol–water partition coefficient (Wildman–Crippen LogP) is 3.61. The summed E-state index contributed by atoms with van der Waals surface area (Å²) in [6.07, 6.45) is 4.80. The molecule has 9 heteroatoms. The van der Waals surface area contributed by atoms with Crippen molar-refractivity contribution < 1.29 is 14.4 Å². The highest BCUT2D eigenvalue weighted by Gasteiger charge is 2.39. The second-order valence-electron chi connectivity index (χ2n) is 8.62. The molecule has 2 aromatic rings. The van der Waals surface area contributed by atoms with E-state index in [9.17, 15) is 14.4 Å². The topological polar surface area (TPSA) is 77.9 Å². The largest absolute Gasteiger partial charge is 0.341 e. The number of fused-ring (bicyclic) bond motifs is 1. The van der Waals surface area contributed by atoms with Crippen molar-refractivity contribution in [1.29, 1.82) is 0 Å². The summed E-state index contributed by atoms with van der Waals surface area (Å²) < 4.78 is 1.70. The molecular weight excluding hydrogens is 430 g/mol. The third-order valence-corrected chi connectivity index (χ3v) is 6.98. The van der Waals surface area contributed by atoms with E-state index in [4.69, 9.17) is 11.6 Å². The Balaban J connectivity index is 1.17. The van der Waals surface area contributed by atoms with Gasteiger partial charge in [-0.1, -0.05) is 11.6 Å². The average molecular weight is 456 g/mol. The number of anilines is 1. The maximum Gasteiger partial charge on any atom is 0.329 e. The smallest absolute Gasteiger partial charge is 0.329 e. The lowest BCUT2D eigenvalue weighted by molar-refractivity contribution is -0.136. The molecular formula is C23H26ClN5O3. The highest BCUT2D eigenvalue weighted by molar-refractivity contribution is 6.30. The Labute approximate surface area is 191 Å². The SMILES string of the molecule is O=C(C1CCCN1C(=O)Nc1ccc(Cl)cc1)N1CCC(N2Cc3cccn3C2=O)CC1. The number of carbonyl (C=O) groups excluding carboxylic acids is 3. The fraction of sp³-hybridized carbons (Fsp3) is 0.435. The Morgan fingerprint density at radius 2 is 1.75 bits per heavy atom. The van der Waals surface area contributed by atoms with Crippen molar-refractivity contribution in [3.63, 3.8) is 0 Å². The number of benzene rings is 1. The van der Waals surface area contributed by atoms with Crippen molar-refractivity contribution in [3.05, 3.63) is 53.3 Å². The number of amides is 4. The van der Waals surface area contributed by atoms with E-state index in [1.807, 2.05) is 21.9 Å². The van der Waals surface area contributed by atoms with E-state index in [2.05, 4.69) is 5.32 Å². The van der Waals surface area contributed by atoms with Crippen LogP contribution in [0.2, 0.25) is 5.02 Å². The van der Waals surface area contributed by atoms with E-state index in [-0.39, 0.29) is 24.0 Å². The number of hydrogen-bond acceptors (Lipinski definition) is 3. The zero-order chi connectivity index (χ0) is 22.2. The summed E-state index contributed by atoms with van der Waals surface area (Å²) in [6, 6.07) is 10.3. The first-order valence-corrected chi connectivity index (χ1v) is 11.5. The van der Waals surface area contributed by atoms with Gasteiger partial charge in [0.15, 0.2) is 0 Å². The Kier molecular flexibility index (Phi) is 5.55. The molecule has 2 fully saturated rings. The van der Waals surface area contributed by atoms with Crippen LogP contribution in [-0.4, -0.2) is 69.0 Å². The highest BCUT2D eigenvalue weighted by atomic mass is 35.5. The minimum Gasteiger partial charge on any atom is -0.341 e. The molecule has 0 radical (unpaired) electrons. The number of urea groups is 1. The number of hydrogen-bond donors (Lipinski definition) is 1. The molecule has 1 unspecified atom stereocenters. The van der Waals surface area contributed by atoms with Gasteiger partial charge in [0.1, 0.15) is 6.04 Å². The van der Waals surface area contributed by atoms with Crippen LogP contribution in [0.3, 0.4) is 0 Å². The molecule has 0 saturated carbocycles. The fourth-order valence-electron chi connectivity index (χ4n) is 5.00. The van der Waals surface area contributed by atoms with Crippen LogP contribution in [0, 0.1) is 0 Å². The van der Waals surface area contributed by atoms with Gasteiger partial charge in [0.05, 0.1) is 6.54 Å². The Morgan fingerprint density at radius 1 is 1.00 bits per heavy atom. The number of aromatic nitrogens is 1. The molecule has 1 atom stereocenters. The van der Waals surface area contributed by atoms with E-state index in [0.717, 1.165) is 25.0 Å². The average Bonchev–Trinajstić information content (AvgIpc) is 3.53. The molecule has 0 spiro atoms. The first-order valence-electron chi connectivity index (χ1n) is 11.1. The first-order chi connectivity index (χ1) is 15.5. The molecule has 0 aliphatic carbocycles. The highest BCUT2D eigenvalue weighted by Crippen LogP contribution is 2.27. The lowest BCUT2D eigenvalue weighted by Crippen LogP contribution is -2.53. The molecule has 4 heterocycles. The molecule has 3 aliphatic rings. The first kappa shape index (κ1) is 20.9. The minimum absolute atomic E-state index is 0.00576. The van der Waals surface area contributed by atoms with Gasteiger partial charge in [-0.25, -0.2) is 9.59 Å². The van der Waals surface area contributed by atoms with Gasteiger partial charge in [-0.2, -0.15) is 0 Å². The van der Waals surface area contributed by atoms with Crippen LogP contribution < -0.4 is 5.32 Å². The maximum atomic E-state index is 13.2. The number of rotatable bonds is 3. The predicted molar refractivity (Wildman–Crippen MR) is 121 cm³/mol. The molecule has 3 aliphatic heterocycles. The van der Waals surface area contributed by atoms with Crippen LogP contribution in [0.15, 0.2) is 42.6 Å². The van der Waals surface area contributed by atoms with Gasteiger partial charge in [0.2, 0.25) is 5.91 Å². The van der Waals surface area contributed by atoms with Gasteiger partial charge in [-0.15, -0.1) is 0 Å². The third kappa shape index (κ3) is 3.83. The number of nitrogens with zero attached hydrogens (tertiary/aromatic N) is 4. The second kappa shape index (κ2) is 8.50. The summed E-state index contributed by atoms with van der Waals surface area (Å²) in [5, 5.41) is 3.47. The molecule has 8 nitrogen and oxygen atoms in total. The quantitative estimate of drug-likeness (QED) is 0.767. The molecule has 5 rings (SSSR count). The third-order valence-electron chi connectivity index (χ3n) is 6.73. The molecule has 2 saturated heterocycles. The Morgan fingerprint density at radius 3 is 2.47 bits per heavy atom. The van der Waals surface area contributed by atoms with Crippen molar-refractivity contribution >= 4 is 35.3 Å². The second-order valence-corrected chi connectivity index (χ2v) is 9.06. The van der Waals surface area contributed by atoms with Gasteiger partial charge >= 0.3 is 12.1 Å². The molecule has 32 heavy (non-hydrogen) atoms. The molecule has 1 aromatic carbocycles. The van der Waals surface area contributed by atoms with E-state index < -0.39 is 6.04 Å². The standard InChI is InChI=1S/C23H26ClN5O3/c24-16-5-7-17(8-6-16)25-22(31)28-12-2-4-20(28)21(30)26-13-9-18(10-14-26)29-15-19-3-1-11-27(19)23(29)32/h1,3,5-8,11,18,20H,2,4,9-10,12-15H2,(H,25,31). The summed E-state index contributed by atoms with van der Waals surface area (Å²) in [6.45, 7) is 2.40. The zero-order valence-electron chi connectivity index (χ0n) is 17.7. The summed E-state index contributed by atoms with van der Waals surface area (Å²) in [7, 11) is 0. The number of carbonyl (C=O) groups is 3. The van der Waals surface area contributed by atoms with Gasteiger partial charge in [0, 0.05) is 48.3 Å². The van der Waals surface area contributed by atoms with Gasteiger partial charge < -0.3 is 20.0 Å². The lowest BCUT2D eigenvalue weighted by atomic mass is 10.0. The van der Waals surface area contributed by atoms with Crippen molar-refractivity contribution in [1.82, 2.24) is 19.3 Å². The number of nitrogens with one attached hydrogen (secondary N) is 1. The molecule has 1 aromatic heterocycles. The number of likely N-dealkylation sites (tertiary alicyclic amines) is 2. The van der Waals surface area contributed by atoms with E-state index >= 15 is 0 Å². The Hall–Kier alpha value is -3.00. The fourth-order valence-corrected chi connectivity index (χ4v) is 5.13. The normalized spacial score (nSPS) is 21.2. The molecule has 4 amide bonds. The van der Waals surface area contributed by atoms with E-state index in [0.29, 0.717) is 43.3 Å². The van der Waals surface area contributed by atoms with Crippen LogP contribution in [0.4, 0.5) is 15.3 Å². The number of halogens is 1. The summed E-state index contributed by atoms with van der Waals surface area (Å²) in [5.74, 6) is 0.00576. The molecule has 0 bridgehead atoms. The number of piperidine rings is 1. The maximum absolute atomic E-state index is 13.2. The Bertz CT molecular complexity index is 1030. The summed E-state index contributed by atoms with van der Waals surface area (Å²) in [5.41, 5.74) is 1.67. The van der Waals surface area contributed by atoms with Crippen LogP contribution in [-0.2, 0) is 11.3 Å². The lowest BCUT2D eigenvalue weighted by Gasteiger charge is -2.38. The van der Waals surface area contributed by atoms with Gasteiger partial charge in [-0.05, 0) is 62.1 Å². The monoisotopic (exact) mass is 455 g/mol. The van der Waals surface area contributed by atoms with Crippen LogP contribution in [0.5, 0.6) is 0 Å². The minimum atomic E-state index is -0.437. The van der Waals surface area contributed by atoms with Gasteiger partial charge in [-0.3, -0.25) is 9.36 Å². The summed E-state index contributed by atoms with van der Waals surface area (Å²) in [4.78, 5) is 44.1. The van der Waals surface area contributed by atoms with Crippen LogP contribution >= 0.6 is 11.6 Å². The van der Waals surface area contributed by atoms with Crippen molar-refractivity contribution in [3.8, 4) is 0 Å². The van der Waals surface area contributed by atoms with Crippen LogP contribution in [0.1, 0.15) is 31.4 Å². The zero-order valence-corrected chi connectivity index (χ0v) is 18.5. The van der Waals surface area contributed by atoms with Crippen molar-refractivity contribution in [2.24, 2.45) is 0 Å².